The van der Waals surface area contributed by atoms with Crippen LogP contribution in [0.3, 0.4) is 0 Å². The van der Waals surface area contributed by atoms with Crippen molar-refractivity contribution >= 4 is 23.0 Å². The molecule has 0 aromatic heterocycles. The van der Waals surface area contributed by atoms with Crippen LogP contribution in [0.25, 0.3) is 11.1 Å². The van der Waals surface area contributed by atoms with Crippen LogP contribution in [-0.4, -0.2) is 11.8 Å². The van der Waals surface area contributed by atoms with Gasteiger partial charge in [0, 0.05) is 0 Å². The normalized spacial score (nSPS) is 14.1. The molecule has 0 saturated heterocycles. The highest BCUT2D eigenvalue weighted by Gasteiger charge is 2.35. The van der Waals surface area contributed by atoms with E-state index in [0.717, 1.165) is 59.1 Å². The van der Waals surface area contributed by atoms with E-state index in [1.807, 2.05) is 12.1 Å². The van der Waals surface area contributed by atoms with Crippen molar-refractivity contribution in [3.63, 3.8) is 0 Å². The molecular weight excluding hydrogens is 334 g/mol. The molecule has 1 aliphatic heterocycles. The molecule has 1 N–H and O–H groups in total. The number of rotatable bonds is 6. The zero-order chi connectivity index (χ0) is 19.6. The highest BCUT2D eigenvalue weighted by atomic mass is 16.2. The number of carbonyl (C=O) groups excluding carboxylic acids is 2. The number of benzene rings is 2. The van der Waals surface area contributed by atoms with Crippen molar-refractivity contribution in [3.05, 3.63) is 69.8 Å². The molecule has 27 heavy (non-hydrogen) atoms. The van der Waals surface area contributed by atoms with Gasteiger partial charge in [-0.05, 0) is 59.1 Å². The smallest absolute Gasteiger partial charge is 0.259 e. The lowest BCUT2D eigenvalue weighted by molar-refractivity contribution is -0.122. The summed E-state index contributed by atoms with van der Waals surface area (Å²) < 4.78 is 0. The number of nitrogens with one attached hydrogen (secondary N) is 1. The van der Waals surface area contributed by atoms with Crippen molar-refractivity contribution in [2.45, 2.75) is 53.4 Å². The van der Waals surface area contributed by atoms with Gasteiger partial charge >= 0.3 is 0 Å². The Kier molecular flexibility index (Phi) is 5.59. The predicted molar refractivity (Wildman–Crippen MR) is 110 cm³/mol. The molecule has 140 valence electrons. The Morgan fingerprint density at radius 1 is 0.593 bits per heavy atom. The molecule has 0 saturated carbocycles. The van der Waals surface area contributed by atoms with Gasteiger partial charge in [0.15, 0.2) is 0 Å². The third-order valence-corrected chi connectivity index (χ3v) is 5.43. The number of amides is 2. The maximum absolute atomic E-state index is 12.9. The minimum absolute atomic E-state index is 0.279. The Morgan fingerprint density at radius 3 is 1.15 bits per heavy atom. The van der Waals surface area contributed by atoms with E-state index in [9.17, 15) is 9.59 Å². The molecule has 2 aromatic carbocycles. The van der Waals surface area contributed by atoms with Crippen molar-refractivity contribution in [1.29, 1.82) is 0 Å². The summed E-state index contributed by atoms with van der Waals surface area (Å²) in [7, 11) is 0. The van der Waals surface area contributed by atoms with Gasteiger partial charge in [0.1, 0.15) is 0 Å². The molecule has 0 spiro atoms. The average molecular weight is 361 g/mol. The van der Waals surface area contributed by atoms with Gasteiger partial charge in [0.25, 0.3) is 11.8 Å². The second kappa shape index (κ2) is 7.91. The van der Waals surface area contributed by atoms with E-state index in [0.29, 0.717) is 11.1 Å². The van der Waals surface area contributed by atoms with Crippen molar-refractivity contribution in [1.82, 2.24) is 5.32 Å². The maximum Gasteiger partial charge on any atom is 0.259 e. The Labute approximate surface area is 161 Å². The van der Waals surface area contributed by atoms with Gasteiger partial charge in [-0.1, -0.05) is 64.1 Å². The van der Waals surface area contributed by atoms with Crippen LogP contribution in [-0.2, 0) is 35.3 Å². The summed E-state index contributed by atoms with van der Waals surface area (Å²) in [4.78, 5) is 25.8. The van der Waals surface area contributed by atoms with Crippen LogP contribution in [0.4, 0.5) is 0 Å². The summed E-state index contributed by atoms with van der Waals surface area (Å²) in [5.41, 5.74) is 7.41. The van der Waals surface area contributed by atoms with Crippen molar-refractivity contribution in [2.75, 3.05) is 0 Å². The summed E-state index contributed by atoms with van der Waals surface area (Å²) >= 11 is 0. The Hall–Kier alpha value is -2.68. The summed E-state index contributed by atoms with van der Waals surface area (Å²) in [5, 5.41) is 2.57. The molecule has 0 fully saturated rings. The third-order valence-electron chi connectivity index (χ3n) is 5.43. The zero-order valence-electron chi connectivity index (χ0n) is 16.6. The van der Waals surface area contributed by atoms with Crippen LogP contribution in [0, 0.1) is 0 Å². The van der Waals surface area contributed by atoms with Crippen LogP contribution in [0.5, 0.6) is 0 Å². The van der Waals surface area contributed by atoms with Crippen LogP contribution in [0.2, 0.25) is 0 Å². The average Bonchev–Trinajstić information content (AvgIpc) is 2.99. The zero-order valence-corrected chi connectivity index (χ0v) is 16.6. The second-order valence-corrected chi connectivity index (χ2v) is 6.85. The first-order valence-electron chi connectivity index (χ1n) is 9.89. The molecular formula is C24H27NO2. The molecule has 2 amide bonds. The van der Waals surface area contributed by atoms with Gasteiger partial charge in [-0.25, -0.2) is 0 Å². The van der Waals surface area contributed by atoms with Crippen LogP contribution in [0.15, 0.2) is 36.4 Å². The minimum atomic E-state index is -0.279. The molecule has 2 aromatic rings. The lowest BCUT2D eigenvalue weighted by atomic mass is 9.84. The van der Waals surface area contributed by atoms with Gasteiger partial charge in [-0.3, -0.25) is 14.9 Å². The molecule has 0 radical (unpaired) electrons. The number of aryl methyl sites for hydroxylation is 4. The highest BCUT2D eigenvalue weighted by Crippen LogP contribution is 2.38. The molecule has 0 atom stereocenters. The molecule has 0 bridgehead atoms. The predicted octanol–water partition coefficient (Wildman–Crippen LogP) is 4.50. The summed E-state index contributed by atoms with van der Waals surface area (Å²) in [5.74, 6) is -0.558. The Bertz CT molecular complexity index is 817. The summed E-state index contributed by atoms with van der Waals surface area (Å²) in [6, 6.07) is 12.3. The standard InChI is InChI=1S/C24H27NO2/c1-5-15-11-9-12-16(6-2)19(15)21-22(24(27)25-23(21)26)20-17(7-3)13-10-14-18(20)8-4/h9-14H,5-8H2,1-4H3,(H,25,26,27). The fourth-order valence-electron chi connectivity index (χ4n) is 4.06. The highest BCUT2D eigenvalue weighted by molar-refractivity contribution is 6.49. The van der Waals surface area contributed by atoms with Crippen molar-refractivity contribution in [2.24, 2.45) is 0 Å². The molecule has 0 unspecified atom stereocenters. The van der Waals surface area contributed by atoms with Crippen molar-refractivity contribution < 1.29 is 9.59 Å². The van der Waals surface area contributed by atoms with Gasteiger partial charge < -0.3 is 0 Å². The fraction of sp³-hybridized carbons (Fsp3) is 0.333. The minimum Gasteiger partial charge on any atom is -0.288 e. The first-order chi connectivity index (χ1) is 13.1. The van der Waals surface area contributed by atoms with E-state index in [1.165, 1.54) is 0 Å². The van der Waals surface area contributed by atoms with E-state index in [1.54, 1.807) is 0 Å². The first kappa shape index (κ1) is 19.1. The molecule has 3 nitrogen and oxygen atoms in total. The molecule has 3 heteroatoms. The summed E-state index contributed by atoms with van der Waals surface area (Å²) in [6.45, 7) is 8.35. The van der Waals surface area contributed by atoms with E-state index in [2.05, 4.69) is 57.3 Å². The van der Waals surface area contributed by atoms with Crippen LogP contribution in [0.1, 0.15) is 61.1 Å². The van der Waals surface area contributed by atoms with Crippen LogP contribution < -0.4 is 5.32 Å². The van der Waals surface area contributed by atoms with E-state index < -0.39 is 0 Å². The SMILES string of the molecule is CCc1cccc(CC)c1C1=C(c2c(CC)cccc2CC)C(=O)NC1=O. The van der Waals surface area contributed by atoms with Crippen molar-refractivity contribution in [3.8, 4) is 0 Å². The van der Waals surface area contributed by atoms with E-state index in [-0.39, 0.29) is 11.8 Å². The molecule has 3 rings (SSSR count). The Balaban J connectivity index is 2.43. The lowest BCUT2D eigenvalue weighted by Crippen LogP contribution is -2.23. The first-order valence-corrected chi connectivity index (χ1v) is 9.89. The lowest BCUT2D eigenvalue weighted by Gasteiger charge is -2.17. The van der Waals surface area contributed by atoms with E-state index >= 15 is 0 Å². The topological polar surface area (TPSA) is 46.2 Å². The largest absolute Gasteiger partial charge is 0.288 e. The molecule has 1 aliphatic rings. The van der Waals surface area contributed by atoms with Gasteiger partial charge in [0.05, 0.1) is 11.1 Å². The maximum atomic E-state index is 12.9. The molecule has 0 aliphatic carbocycles. The third kappa shape index (κ3) is 3.23. The second-order valence-electron chi connectivity index (χ2n) is 6.85. The number of hydrogen-bond acceptors (Lipinski definition) is 2. The Morgan fingerprint density at radius 2 is 0.889 bits per heavy atom. The number of hydrogen-bond donors (Lipinski definition) is 1. The van der Waals surface area contributed by atoms with Crippen LogP contribution >= 0.6 is 0 Å². The monoisotopic (exact) mass is 361 g/mol. The number of carbonyl (C=O) groups is 2. The van der Waals surface area contributed by atoms with E-state index in [4.69, 9.17) is 0 Å². The van der Waals surface area contributed by atoms with Gasteiger partial charge in [-0.2, -0.15) is 0 Å². The number of imide groups is 1. The van der Waals surface area contributed by atoms with Gasteiger partial charge in [0.2, 0.25) is 0 Å². The quantitative estimate of drug-likeness (QED) is 0.770. The fourth-order valence-corrected chi connectivity index (χ4v) is 4.06. The molecule has 1 heterocycles. The van der Waals surface area contributed by atoms with Gasteiger partial charge in [-0.15, -0.1) is 0 Å². The summed E-state index contributed by atoms with van der Waals surface area (Å²) in [6.07, 6.45) is 3.27.